The minimum absolute atomic E-state index is 0.0440. The second kappa shape index (κ2) is 10.9. The zero-order valence-electron chi connectivity index (χ0n) is 20.0. The van der Waals surface area contributed by atoms with Gasteiger partial charge in [0.15, 0.2) is 0 Å². The number of anilines is 2. The number of likely N-dealkylation sites (N-methyl/N-ethyl adjacent to an activating group) is 1. The highest BCUT2D eigenvalue weighted by atomic mass is 32.1. The molecule has 32 heavy (non-hydrogen) atoms. The van der Waals surface area contributed by atoms with Gasteiger partial charge in [-0.05, 0) is 71.3 Å². The van der Waals surface area contributed by atoms with Gasteiger partial charge in [-0.1, -0.05) is 13.3 Å². The van der Waals surface area contributed by atoms with Crippen molar-refractivity contribution >= 4 is 34.0 Å². The highest BCUT2D eigenvalue weighted by Crippen LogP contribution is 2.44. The number of thiophene rings is 1. The molecule has 3 atom stereocenters. The van der Waals surface area contributed by atoms with E-state index in [2.05, 4.69) is 29.1 Å². The molecule has 0 bridgehead atoms. The number of fused-ring (bicyclic) bond motifs is 2. The summed E-state index contributed by atoms with van der Waals surface area (Å²) in [5.74, 6) is 0.129. The van der Waals surface area contributed by atoms with E-state index in [9.17, 15) is 9.59 Å². The van der Waals surface area contributed by atoms with Crippen LogP contribution in [-0.2, 0) is 17.6 Å². The summed E-state index contributed by atoms with van der Waals surface area (Å²) in [7, 11) is 6.12. The lowest BCUT2D eigenvalue weighted by atomic mass is 9.74. The van der Waals surface area contributed by atoms with Gasteiger partial charge in [0, 0.05) is 30.6 Å². The van der Waals surface area contributed by atoms with E-state index in [0.717, 1.165) is 50.8 Å². The lowest BCUT2D eigenvalue weighted by Gasteiger charge is -2.45. The Hall–Kier alpha value is -1.84. The third-order valence-corrected chi connectivity index (χ3v) is 7.98. The van der Waals surface area contributed by atoms with Crippen molar-refractivity contribution in [2.75, 3.05) is 58.8 Å². The molecule has 2 heterocycles. The number of nitrogen functional groups attached to an aromatic ring is 2. The quantitative estimate of drug-likeness (QED) is 0.509. The molecule has 1 aliphatic heterocycles. The van der Waals surface area contributed by atoms with E-state index in [1.165, 1.54) is 15.3 Å². The van der Waals surface area contributed by atoms with Gasteiger partial charge in [-0.2, -0.15) is 0 Å². The van der Waals surface area contributed by atoms with Crippen LogP contribution in [0.2, 0.25) is 0 Å². The van der Waals surface area contributed by atoms with E-state index in [0.29, 0.717) is 36.6 Å². The number of rotatable bonds is 8. The summed E-state index contributed by atoms with van der Waals surface area (Å²) in [4.78, 5) is 33.5. The Balaban J connectivity index is 1.67. The first kappa shape index (κ1) is 24.8. The van der Waals surface area contributed by atoms with Crippen LogP contribution in [0.4, 0.5) is 15.5 Å². The van der Waals surface area contributed by atoms with Gasteiger partial charge in [0.05, 0.1) is 11.6 Å². The Kier molecular flexibility index (Phi) is 8.41. The van der Waals surface area contributed by atoms with Crippen molar-refractivity contribution in [2.45, 2.75) is 51.5 Å². The first-order chi connectivity index (χ1) is 15.2. The zero-order chi connectivity index (χ0) is 23.4. The number of urea groups is 1. The molecule has 0 aromatic carbocycles. The lowest BCUT2D eigenvalue weighted by Crippen LogP contribution is -2.55. The van der Waals surface area contributed by atoms with Gasteiger partial charge in [-0.15, -0.1) is 11.3 Å². The number of carbonyl (C=O) groups is 2. The molecule has 9 heteroatoms. The van der Waals surface area contributed by atoms with Crippen LogP contribution < -0.4 is 16.8 Å². The van der Waals surface area contributed by atoms with Gasteiger partial charge in [-0.25, -0.2) is 4.79 Å². The molecule has 0 unspecified atom stereocenters. The van der Waals surface area contributed by atoms with Crippen LogP contribution in [0.1, 0.15) is 43.0 Å². The zero-order valence-corrected chi connectivity index (χ0v) is 20.8. The number of likely N-dealkylation sites (tertiary alicyclic amines) is 1. The number of imide groups is 1. The molecule has 5 N–H and O–H groups in total. The third kappa shape index (κ3) is 5.55. The fourth-order valence-corrected chi connectivity index (χ4v) is 6.15. The minimum atomic E-state index is -0.257. The van der Waals surface area contributed by atoms with E-state index in [1.54, 1.807) is 11.3 Å². The summed E-state index contributed by atoms with van der Waals surface area (Å²) in [6, 6.07) is 0.140. The monoisotopic (exact) mass is 464 g/mol. The highest BCUT2D eigenvalue weighted by molar-refractivity contribution is 7.16. The van der Waals surface area contributed by atoms with Crippen molar-refractivity contribution in [3.05, 3.63) is 10.4 Å². The molecule has 1 saturated heterocycles. The van der Waals surface area contributed by atoms with Gasteiger partial charge in [0.1, 0.15) is 5.00 Å². The molecule has 3 rings (SSSR count). The molecule has 1 aromatic heterocycles. The van der Waals surface area contributed by atoms with E-state index < -0.39 is 0 Å². The number of piperidine rings is 1. The van der Waals surface area contributed by atoms with E-state index in [-0.39, 0.29) is 17.9 Å². The van der Waals surface area contributed by atoms with E-state index >= 15 is 0 Å². The summed E-state index contributed by atoms with van der Waals surface area (Å²) in [6.45, 7) is 4.71. The first-order valence-electron chi connectivity index (χ1n) is 11.8. The van der Waals surface area contributed by atoms with Crippen molar-refractivity contribution in [3.63, 3.8) is 0 Å². The average Bonchev–Trinajstić information content (AvgIpc) is 3.03. The van der Waals surface area contributed by atoms with Gasteiger partial charge in [-0.3, -0.25) is 9.69 Å². The Morgan fingerprint density at radius 1 is 1.19 bits per heavy atom. The Labute approximate surface area is 196 Å². The first-order valence-corrected chi connectivity index (χ1v) is 12.6. The number of hydrogen-bond acceptors (Lipinski definition) is 7. The number of unbranched alkanes of at least 4 members (excludes halogenated alkanes) is 1. The second-order valence-corrected chi connectivity index (χ2v) is 10.8. The maximum Gasteiger partial charge on any atom is 0.324 e. The Bertz CT molecular complexity index is 811. The number of hydrogen-bond donors (Lipinski definition) is 3. The van der Waals surface area contributed by atoms with Crippen LogP contribution in [0.5, 0.6) is 0 Å². The van der Waals surface area contributed by atoms with Crippen molar-refractivity contribution < 1.29 is 9.59 Å². The third-order valence-electron chi connectivity index (χ3n) is 6.88. The number of nitrogens with zero attached hydrogens (tertiary/aromatic N) is 3. The number of carbonyl (C=O) groups excluding carboxylic acids is 2. The summed E-state index contributed by atoms with van der Waals surface area (Å²) >= 11 is 1.61. The van der Waals surface area contributed by atoms with Gasteiger partial charge >= 0.3 is 6.03 Å². The molecule has 8 nitrogen and oxygen atoms in total. The van der Waals surface area contributed by atoms with Crippen LogP contribution in [0.15, 0.2) is 0 Å². The van der Waals surface area contributed by atoms with Crippen molar-refractivity contribution in [1.29, 1.82) is 0 Å². The smallest absolute Gasteiger partial charge is 0.324 e. The van der Waals surface area contributed by atoms with Crippen LogP contribution in [0.3, 0.4) is 0 Å². The van der Waals surface area contributed by atoms with Crippen molar-refractivity contribution in [2.24, 2.45) is 11.8 Å². The molecule has 2 aliphatic rings. The van der Waals surface area contributed by atoms with Crippen molar-refractivity contribution in [1.82, 2.24) is 20.0 Å². The molecule has 0 saturated carbocycles. The van der Waals surface area contributed by atoms with Crippen LogP contribution in [-0.4, -0.2) is 80.0 Å². The predicted octanol–water partition coefficient (Wildman–Crippen LogP) is 2.24. The predicted molar refractivity (Wildman–Crippen MR) is 132 cm³/mol. The number of nitrogens with one attached hydrogen (secondary N) is 1. The largest absolute Gasteiger partial charge is 0.396 e. The number of nitrogens with two attached hydrogens (primary N) is 2. The topological polar surface area (TPSA) is 108 Å². The summed E-state index contributed by atoms with van der Waals surface area (Å²) in [5, 5.41) is 3.66. The second-order valence-electron chi connectivity index (χ2n) is 9.62. The summed E-state index contributed by atoms with van der Waals surface area (Å²) in [5.41, 5.74) is 14.2. The fraction of sp³-hybridized carbons (Fsp3) is 0.739. The van der Waals surface area contributed by atoms with E-state index in [4.69, 9.17) is 11.5 Å². The van der Waals surface area contributed by atoms with Crippen molar-refractivity contribution in [3.8, 4) is 0 Å². The lowest BCUT2D eigenvalue weighted by molar-refractivity contribution is -0.136. The molecule has 1 fully saturated rings. The maximum atomic E-state index is 13.5. The molecule has 1 aliphatic carbocycles. The minimum Gasteiger partial charge on any atom is -0.396 e. The SMILES string of the molecule is CCCCN(C(=O)NCCCN(C)C)C(=O)[C@@H]1C[C@@H]2Cc3c(sc(N)c3N)C[C@H]2N(C)C1. The molecular weight excluding hydrogens is 424 g/mol. The molecular formula is C23H40N6O2S. The van der Waals surface area contributed by atoms with Crippen LogP contribution in [0.25, 0.3) is 0 Å². The standard InChI is InChI=1S/C23H40N6O2S/c1-5-6-10-29(23(31)26-8-7-9-27(2)3)22(30)16-11-15-12-17-19(32-21(25)20(17)24)13-18(15)28(4)14-16/h15-16,18H,5-14,24-25H2,1-4H3,(H,26,31)/t15-,16-,18-/m1/s1. The Morgan fingerprint density at radius 2 is 1.94 bits per heavy atom. The summed E-state index contributed by atoms with van der Waals surface area (Å²) < 4.78 is 0. The molecule has 180 valence electrons. The molecule has 0 radical (unpaired) electrons. The molecule has 3 amide bonds. The fourth-order valence-electron chi connectivity index (χ4n) is 5.08. The van der Waals surface area contributed by atoms with Crippen LogP contribution in [0, 0.1) is 11.8 Å². The van der Waals surface area contributed by atoms with Gasteiger partial charge in [0.25, 0.3) is 0 Å². The normalized spacial score (nSPS) is 23.0. The number of amides is 3. The maximum absolute atomic E-state index is 13.5. The van der Waals surface area contributed by atoms with E-state index in [1.807, 2.05) is 14.1 Å². The van der Waals surface area contributed by atoms with Gasteiger partial charge in [0.2, 0.25) is 5.91 Å². The summed E-state index contributed by atoms with van der Waals surface area (Å²) in [6.07, 6.45) is 5.21. The Morgan fingerprint density at radius 3 is 2.62 bits per heavy atom. The highest BCUT2D eigenvalue weighted by Gasteiger charge is 2.42. The molecule has 1 aromatic rings. The van der Waals surface area contributed by atoms with Crippen LogP contribution >= 0.6 is 11.3 Å². The molecule has 0 spiro atoms. The van der Waals surface area contributed by atoms with Gasteiger partial charge < -0.3 is 26.6 Å². The average molecular weight is 465 g/mol.